The number of carbonyl (C=O) groups excluding carboxylic acids is 1. The predicted molar refractivity (Wildman–Crippen MR) is 81.2 cm³/mol. The van der Waals surface area contributed by atoms with E-state index in [9.17, 15) is 4.79 Å². The topological polar surface area (TPSA) is 35.5 Å². The normalized spacial score (nSPS) is 11.0. The fourth-order valence-corrected chi connectivity index (χ4v) is 1.83. The lowest BCUT2D eigenvalue weighted by Gasteiger charge is -2.10. The largest absolute Gasteiger partial charge is 0.466 e. The highest BCUT2D eigenvalue weighted by Crippen LogP contribution is 2.22. The molecule has 0 aromatic heterocycles. The van der Waals surface area contributed by atoms with Crippen LogP contribution in [0.2, 0.25) is 0 Å². The minimum atomic E-state index is -0.459. The van der Waals surface area contributed by atoms with Crippen molar-refractivity contribution in [3.63, 3.8) is 0 Å². The number of rotatable bonds is 4. The van der Waals surface area contributed by atoms with Gasteiger partial charge < -0.3 is 9.47 Å². The molecule has 0 aliphatic heterocycles. The Hall–Kier alpha value is -2.07. The van der Waals surface area contributed by atoms with Crippen LogP contribution in [0.25, 0.3) is 5.76 Å². The molecule has 0 N–H and O–H groups in total. The number of halogens is 1. The molecular formula is C16H13BrO3. The average Bonchev–Trinajstić information content (AvgIpc) is 2.48. The summed E-state index contributed by atoms with van der Waals surface area (Å²) in [6.07, 6.45) is 1.33. The average molecular weight is 333 g/mol. The van der Waals surface area contributed by atoms with Crippen LogP contribution in [-0.2, 0) is 9.53 Å². The Bertz CT molecular complexity index is 603. The van der Waals surface area contributed by atoms with Gasteiger partial charge in [-0.1, -0.05) is 46.3 Å². The van der Waals surface area contributed by atoms with E-state index >= 15 is 0 Å². The van der Waals surface area contributed by atoms with Crippen LogP contribution in [-0.4, -0.2) is 13.1 Å². The van der Waals surface area contributed by atoms with E-state index in [0.717, 1.165) is 10.0 Å². The summed E-state index contributed by atoms with van der Waals surface area (Å²) in [6, 6.07) is 16.8. The number of carbonyl (C=O) groups is 1. The Balaban J connectivity index is 2.32. The Morgan fingerprint density at radius 2 is 1.70 bits per heavy atom. The molecule has 0 heterocycles. The van der Waals surface area contributed by atoms with E-state index in [1.165, 1.54) is 13.2 Å². The summed E-state index contributed by atoms with van der Waals surface area (Å²) in [5.74, 6) is 0.639. The minimum absolute atomic E-state index is 0.440. The molecule has 0 unspecified atom stereocenters. The molecule has 102 valence electrons. The number of ether oxygens (including phenoxy) is 2. The Morgan fingerprint density at radius 3 is 2.30 bits per heavy atom. The van der Waals surface area contributed by atoms with Crippen LogP contribution >= 0.6 is 15.9 Å². The standard InChI is InChI=1S/C16H13BrO3/c1-19-16(18)11-15(12-7-9-13(17)10-8-12)20-14-5-3-2-4-6-14/h2-11H,1H3/b15-11+. The molecular weight excluding hydrogens is 320 g/mol. The maximum Gasteiger partial charge on any atom is 0.334 e. The summed E-state index contributed by atoms with van der Waals surface area (Å²) in [7, 11) is 1.33. The summed E-state index contributed by atoms with van der Waals surface area (Å²) >= 11 is 3.37. The molecule has 0 amide bonds. The second-order valence-electron chi connectivity index (χ2n) is 3.95. The quantitative estimate of drug-likeness (QED) is 0.481. The Kier molecular flexibility index (Phi) is 4.96. The second-order valence-corrected chi connectivity index (χ2v) is 4.87. The van der Waals surface area contributed by atoms with E-state index in [4.69, 9.17) is 4.74 Å². The number of hydrogen-bond donors (Lipinski definition) is 0. The molecule has 4 heteroatoms. The molecule has 0 radical (unpaired) electrons. The molecule has 2 aromatic carbocycles. The van der Waals surface area contributed by atoms with Gasteiger partial charge in [0.2, 0.25) is 0 Å². The van der Waals surface area contributed by atoms with E-state index in [1.807, 2.05) is 54.6 Å². The van der Waals surface area contributed by atoms with Gasteiger partial charge in [0.25, 0.3) is 0 Å². The van der Waals surface area contributed by atoms with E-state index < -0.39 is 5.97 Å². The first-order valence-corrected chi connectivity index (χ1v) is 6.77. The molecule has 0 saturated carbocycles. The van der Waals surface area contributed by atoms with Crippen molar-refractivity contribution in [2.45, 2.75) is 0 Å². The summed E-state index contributed by atoms with van der Waals surface area (Å²) in [5.41, 5.74) is 0.794. The molecule has 0 fully saturated rings. The van der Waals surface area contributed by atoms with Gasteiger partial charge in [0.05, 0.1) is 13.2 Å². The van der Waals surface area contributed by atoms with E-state index in [0.29, 0.717) is 11.5 Å². The van der Waals surface area contributed by atoms with Gasteiger partial charge in [0.15, 0.2) is 0 Å². The minimum Gasteiger partial charge on any atom is -0.466 e. The van der Waals surface area contributed by atoms with Gasteiger partial charge in [-0.05, 0) is 24.3 Å². The van der Waals surface area contributed by atoms with Gasteiger partial charge in [-0.25, -0.2) is 4.79 Å². The van der Waals surface area contributed by atoms with Crippen LogP contribution in [0.4, 0.5) is 0 Å². The van der Waals surface area contributed by atoms with Crippen molar-refractivity contribution in [2.24, 2.45) is 0 Å². The van der Waals surface area contributed by atoms with Crippen LogP contribution in [0.15, 0.2) is 65.1 Å². The first kappa shape index (κ1) is 14.3. The third-order valence-electron chi connectivity index (χ3n) is 2.55. The van der Waals surface area contributed by atoms with Crippen LogP contribution in [0.5, 0.6) is 5.75 Å². The van der Waals surface area contributed by atoms with Crippen molar-refractivity contribution in [3.8, 4) is 5.75 Å². The maximum absolute atomic E-state index is 11.5. The second kappa shape index (κ2) is 6.91. The van der Waals surface area contributed by atoms with Gasteiger partial charge in [-0.15, -0.1) is 0 Å². The zero-order valence-corrected chi connectivity index (χ0v) is 12.5. The molecule has 0 aliphatic rings. The Morgan fingerprint density at radius 1 is 1.05 bits per heavy atom. The van der Waals surface area contributed by atoms with Crippen molar-refractivity contribution in [2.75, 3.05) is 7.11 Å². The van der Waals surface area contributed by atoms with E-state index in [1.54, 1.807) is 0 Å². The molecule has 0 spiro atoms. The monoisotopic (exact) mass is 332 g/mol. The van der Waals surface area contributed by atoms with Crippen LogP contribution in [0.1, 0.15) is 5.56 Å². The van der Waals surface area contributed by atoms with Crippen molar-refractivity contribution < 1.29 is 14.3 Å². The van der Waals surface area contributed by atoms with Crippen LogP contribution < -0.4 is 4.74 Å². The fourth-order valence-electron chi connectivity index (χ4n) is 1.57. The molecule has 3 nitrogen and oxygen atoms in total. The van der Waals surface area contributed by atoms with Crippen molar-refractivity contribution >= 4 is 27.7 Å². The molecule has 0 aliphatic carbocycles. The molecule has 2 rings (SSSR count). The van der Waals surface area contributed by atoms with Gasteiger partial charge in [-0.2, -0.15) is 0 Å². The number of hydrogen-bond acceptors (Lipinski definition) is 3. The highest BCUT2D eigenvalue weighted by atomic mass is 79.9. The molecule has 0 bridgehead atoms. The molecule has 20 heavy (non-hydrogen) atoms. The highest BCUT2D eigenvalue weighted by Gasteiger charge is 2.08. The third-order valence-corrected chi connectivity index (χ3v) is 3.08. The van der Waals surface area contributed by atoms with Crippen molar-refractivity contribution in [1.29, 1.82) is 0 Å². The fraction of sp³-hybridized carbons (Fsp3) is 0.0625. The lowest BCUT2D eigenvalue weighted by molar-refractivity contribution is -0.134. The lowest BCUT2D eigenvalue weighted by Crippen LogP contribution is -2.02. The number of para-hydroxylation sites is 1. The van der Waals surface area contributed by atoms with Gasteiger partial charge in [0.1, 0.15) is 11.5 Å². The molecule has 0 saturated heterocycles. The first-order valence-electron chi connectivity index (χ1n) is 5.97. The van der Waals surface area contributed by atoms with E-state index in [-0.39, 0.29) is 0 Å². The predicted octanol–water partition coefficient (Wildman–Crippen LogP) is 4.04. The van der Waals surface area contributed by atoms with Gasteiger partial charge in [-0.3, -0.25) is 0 Å². The van der Waals surface area contributed by atoms with Gasteiger partial charge >= 0.3 is 5.97 Å². The maximum atomic E-state index is 11.5. The molecule has 0 atom stereocenters. The summed E-state index contributed by atoms with van der Waals surface area (Å²) in [6.45, 7) is 0. The third kappa shape index (κ3) is 3.96. The summed E-state index contributed by atoms with van der Waals surface area (Å²) in [5, 5.41) is 0. The summed E-state index contributed by atoms with van der Waals surface area (Å²) in [4.78, 5) is 11.5. The Labute approximate surface area is 126 Å². The van der Waals surface area contributed by atoms with E-state index in [2.05, 4.69) is 20.7 Å². The summed E-state index contributed by atoms with van der Waals surface area (Å²) < 4.78 is 11.4. The first-order chi connectivity index (χ1) is 9.69. The number of esters is 1. The van der Waals surface area contributed by atoms with Crippen molar-refractivity contribution in [3.05, 3.63) is 70.7 Å². The van der Waals surface area contributed by atoms with Crippen LogP contribution in [0.3, 0.4) is 0 Å². The smallest absolute Gasteiger partial charge is 0.334 e. The zero-order chi connectivity index (χ0) is 14.4. The number of benzene rings is 2. The SMILES string of the molecule is COC(=O)/C=C(/Oc1ccccc1)c1ccc(Br)cc1. The van der Waals surface area contributed by atoms with Crippen LogP contribution in [0, 0.1) is 0 Å². The highest BCUT2D eigenvalue weighted by molar-refractivity contribution is 9.10. The number of methoxy groups -OCH3 is 1. The van der Waals surface area contributed by atoms with Crippen molar-refractivity contribution in [1.82, 2.24) is 0 Å². The molecule has 2 aromatic rings. The van der Waals surface area contributed by atoms with Gasteiger partial charge in [0, 0.05) is 10.0 Å². The zero-order valence-electron chi connectivity index (χ0n) is 10.9. The lowest BCUT2D eigenvalue weighted by atomic mass is 10.2.